The van der Waals surface area contributed by atoms with Gasteiger partial charge >= 0.3 is 6.03 Å². The number of nitrogens with zero attached hydrogens (tertiary/aromatic N) is 2. The lowest BCUT2D eigenvalue weighted by Crippen LogP contribution is -2.56. The minimum Gasteiger partial charge on any atom is -0.352 e. The average molecular weight is 532 g/mol. The summed E-state index contributed by atoms with van der Waals surface area (Å²) >= 11 is 0. The number of carbonyl (C=O) groups excluding carboxylic acids is 7. The molecular weight excluding hydrogens is 495 g/mol. The number of rotatable bonds is 17. The molecule has 0 saturated carbocycles. The van der Waals surface area contributed by atoms with Crippen LogP contribution >= 0.6 is 0 Å². The molecular formula is C24H37BN6O7. The van der Waals surface area contributed by atoms with Crippen LogP contribution < -0.4 is 21.7 Å². The molecule has 208 valence electrons. The fourth-order valence-electron chi connectivity index (χ4n) is 3.78. The molecule has 13 nitrogen and oxygen atoms in total. The normalized spacial score (nSPS) is 14.3. The zero-order valence-corrected chi connectivity index (χ0v) is 22.2. The molecule has 0 fully saturated rings. The first-order chi connectivity index (χ1) is 17.8. The molecule has 1 rings (SSSR count). The molecule has 0 aliphatic carbocycles. The summed E-state index contributed by atoms with van der Waals surface area (Å²) in [5, 5.41) is 7.75. The molecule has 2 atom stereocenters. The van der Waals surface area contributed by atoms with Crippen molar-refractivity contribution in [3.05, 3.63) is 12.2 Å². The number of likely N-dealkylation sites (N-methyl/N-ethyl adjacent to an activating group) is 1. The lowest BCUT2D eigenvalue weighted by molar-refractivity contribution is -0.138. The van der Waals surface area contributed by atoms with Gasteiger partial charge in [-0.2, -0.15) is 0 Å². The molecule has 7 amide bonds. The second kappa shape index (κ2) is 16.2. The third kappa shape index (κ3) is 11.6. The number of nitrogens with one attached hydrogen (secondary N) is 3. The Morgan fingerprint density at radius 3 is 2.18 bits per heavy atom. The van der Waals surface area contributed by atoms with E-state index in [1.165, 1.54) is 19.2 Å². The Kier molecular flexibility index (Phi) is 13.8. The van der Waals surface area contributed by atoms with E-state index in [1.54, 1.807) is 13.8 Å². The molecule has 0 saturated heterocycles. The smallest absolute Gasteiger partial charge is 0.312 e. The second-order valence-corrected chi connectivity index (χ2v) is 9.42. The lowest BCUT2D eigenvalue weighted by atomic mass is 10.0. The topological polar surface area (TPSA) is 188 Å². The number of unbranched alkanes of at least 4 members (excludes halogenated alkanes) is 2. The van der Waals surface area contributed by atoms with Crippen molar-refractivity contribution in [1.29, 1.82) is 0 Å². The molecule has 1 aliphatic rings. The number of imide groups is 1. The van der Waals surface area contributed by atoms with Crippen LogP contribution in [0.1, 0.15) is 52.4 Å². The van der Waals surface area contributed by atoms with Crippen LogP contribution in [0, 0.1) is 5.92 Å². The van der Waals surface area contributed by atoms with Crippen LogP contribution in [0.2, 0.25) is 0 Å². The predicted molar refractivity (Wildman–Crippen MR) is 138 cm³/mol. The summed E-state index contributed by atoms with van der Waals surface area (Å²) in [6.45, 7) is 3.60. The summed E-state index contributed by atoms with van der Waals surface area (Å²) in [7, 11) is 6.55. The Hall–Kier alpha value is -3.71. The molecule has 0 spiro atoms. The van der Waals surface area contributed by atoms with E-state index in [-0.39, 0.29) is 56.1 Å². The van der Waals surface area contributed by atoms with Crippen LogP contribution in [-0.2, 0) is 28.8 Å². The van der Waals surface area contributed by atoms with Gasteiger partial charge in [0.05, 0.1) is 12.2 Å². The molecule has 38 heavy (non-hydrogen) atoms. The van der Waals surface area contributed by atoms with Gasteiger partial charge in [-0.15, -0.1) is 0 Å². The highest BCUT2D eigenvalue weighted by atomic mass is 16.2. The number of primary amides is 1. The maximum Gasteiger partial charge on any atom is 0.312 e. The number of carbonyl (C=O) groups is 7. The maximum absolute atomic E-state index is 13.1. The van der Waals surface area contributed by atoms with E-state index in [0.717, 1.165) is 9.80 Å². The van der Waals surface area contributed by atoms with Crippen LogP contribution in [0.3, 0.4) is 0 Å². The maximum atomic E-state index is 13.1. The van der Waals surface area contributed by atoms with Crippen LogP contribution in [0.5, 0.6) is 0 Å². The monoisotopic (exact) mass is 532 g/mol. The summed E-state index contributed by atoms with van der Waals surface area (Å²) in [5.74, 6) is -2.46. The predicted octanol–water partition coefficient (Wildman–Crippen LogP) is -1.30. The highest BCUT2D eigenvalue weighted by Gasteiger charge is 2.30. The van der Waals surface area contributed by atoms with Crippen molar-refractivity contribution >= 4 is 49.1 Å². The van der Waals surface area contributed by atoms with Crippen molar-refractivity contribution in [2.45, 2.75) is 64.5 Å². The number of hydrogen-bond donors (Lipinski definition) is 4. The van der Waals surface area contributed by atoms with E-state index in [0.29, 0.717) is 25.7 Å². The van der Waals surface area contributed by atoms with Gasteiger partial charge in [0.15, 0.2) is 7.85 Å². The Bertz CT molecular complexity index is 921. The largest absolute Gasteiger partial charge is 0.352 e. The van der Waals surface area contributed by atoms with Crippen LogP contribution in [-0.4, -0.2) is 97.7 Å². The Balaban J connectivity index is 2.65. The van der Waals surface area contributed by atoms with Crippen molar-refractivity contribution in [3.63, 3.8) is 0 Å². The van der Waals surface area contributed by atoms with E-state index in [4.69, 9.17) is 13.6 Å². The minimum absolute atomic E-state index is 0.138. The molecule has 0 aromatic rings. The van der Waals surface area contributed by atoms with Crippen molar-refractivity contribution in [2.24, 2.45) is 11.7 Å². The highest BCUT2D eigenvalue weighted by Crippen LogP contribution is 2.10. The Morgan fingerprint density at radius 1 is 1.00 bits per heavy atom. The summed E-state index contributed by atoms with van der Waals surface area (Å²) in [4.78, 5) is 85.9. The van der Waals surface area contributed by atoms with Gasteiger partial charge in [0.25, 0.3) is 11.8 Å². The fourth-order valence-corrected chi connectivity index (χ4v) is 3.78. The molecule has 0 aromatic heterocycles. The van der Waals surface area contributed by atoms with E-state index >= 15 is 0 Å². The van der Waals surface area contributed by atoms with Crippen molar-refractivity contribution in [3.8, 4) is 0 Å². The number of urea groups is 1. The molecule has 0 bridgehead atoms. The van der Waals surface area contributed by atoms with E-state index in [9.17, 15) is 33.6 Å². The van der Waals surface area contributed by atoms with E-state index < -0.39 is 35.6 Å². The van der Waals surface area contributed by atoms with Gasteiger partial charge in [-0.25, -0.2) is 4.79 Å². The number of nitrogens with two attached hydrogens (primary N) is 1. The van der Waals surface area contributed by atoms with E-state index in [2.05, 4.69) is 16.0 Å². The van der Waals surface area contributed by atoms with Gasteiger partial charge in [0.1, 0.15) is 12.1 Å². The first-order valence-electron chi connectivity index (χ1n) is 12.5. The Labute approximate surface area is 223 Å². The van der Waals surface area contributed by atoms with Crippen LogP contribution in [0.4, 0.5) is 4.79 Å². The second-order valence-electron chi connectivity index (χ2n) is 9.42. The Morgan fingerprint density at radius 2 is 1.63 bits per heavy atom. The third-order valence-corrected chi connectivity index (χ3v) is 5.80. The summed E-state index contributed by atoms with van der Waals surface area (Å²) < 4.78 is 0. The first-order valence-corrected chi connectivity index (χ1v) is 12.5. The molecule has 1 unspecified atom stereocenters. The third-order valence-electron chi connectivity index (χ3n) is 5.80. The minimum atomic E-state index is -1.02. The van der Waals surface area contributed by atoms with Gasteiger partial charge < -0.3 is 31.4 Å². The van der Waals surface area contributed by atoms with Crippen LogP contribution in [0.15, 0.2) is 12.2 Å². The van der Waals surface area contributed by atoms with Gasteiger partial charge in [-0.1, -0.05) is 20.3 Å². The summed E-state index contributed by atoms with van der Waals surface area (Å²) in [6, 6.07) is -2.67. The lowest BCUT2D eigenvalue weighted by Gasteiger charge is -2.28. The van der Waals surface area contributed by atoms with Gasteiger partial charge in [-0.3, -0.25) is 28.9 Å². The van der Waals surface area contributed by atoms with Crippen LogP contribution in [0.25, 0.3) is 0 Å². The van der Waals surface area contributed by atoms with Crippen molar-refractivity contribution < 1.29 is 33.6 Å². The quantitative estimate of drug-likeness (QED) is 0.102. The zero-order chi connectivity index (χ0) is 28.8. The summed E-state index contributed by atoms with van der Waals surface area (Å²) in [6.07, 6.45) is 4.68. The van der Waals surface area contributed by atoms with Crippen molar-refractivity contribution in [1.82, 2.24) is 25.8 Å². The highest BCUT2D eigenvalue weighted by molar-refractivity contribution is 6.58. The number of amides is 7. The van der Waals surface area contributed by atoms with Gasteiger partial charge in [0.2, 0.25) is 17.7 Å². The van der Waals surface area contributed by atoms with Gasteiger partial charge in [0, 0.05) is 38.7 Å². The SMILES string of the molecule is [B]C(=O)CN(C)C(=O)[C@H](CCCNC(N)=O)NC(=O)C(NC(=O)CCCCCN1C(=O)C=CC1=O)C(C)C. The molecule has 14 heteroatoms. The fraction of sp³-hybridized carbons (Fsp3) is 0.625. The number of hydrogen-bond acceptors (Lipinski definition) is 7. The van der Waals surface area contributed by atoms with Crippen molar-refractivity contribution in [2.75, 3.05) is 26.7 Å². The molecule has 2 radical (unpaired) electrons. The molecule has 1 aliphatic heterocycles. The zero-order valence-electron chi connectivity index (χ0n) is 22.2. The summed E-state index contributed by atoms with van der Waals surface area (Å²) in [5.41, 5.74) is 4.33. The molecule has 5 N–H and O–H groups in total. The van der Waals surface area contributed by atoms with E-state index in [1.807, 2.05) is 0 Å². The molecule has 1 heterocycles. The van der Waals surface area contributed by atoms with Gasteiger partial charge in [-0.05, 0) is 31.6 Å². The standard InChI is InChI=1S/C24H37BN6O7/c1-15(2)21(29-18(33)9-5-4-6-13-31-19(34)10-11-20(31)35)22(36)28-16(8-7-12-27-24(26)38)23(37)30(3)14-17(25)32/h10-11,15-16,21H,4-9,12-14H2,1-3H3,(H,28,36)(H,29,33)(H3,26,27,38)/t16-,21?/m0/s1. The average Bonchev–Trinajstić information content (AvgIpc) is 3.14. The first kappa shape index (κ1) is 32.3. The molecule has 0 aromatic carbocycles.